The van der Waals surface area contributed by atoms with Gasteiger partial charge in [-0.1, -0.05) is 57.2 Å². The molecule has 2 aromatic rings. The standard InChI is InChI=1S/C19H23NO3S/c1-19(2,3)12-17(22)23-13-16(21)20-18(15-10-7-11-24-15)14-8-5-4-6-9-14/h4-11,18H,12-13H2,1-3H3,(H,20,21)/t18-/m0/s1. The first-order valence-electron chi connectivity index (χ1n) is 7.88. The topological polar surface area (TPSA) is 55.4 Å². The van der Waals surface area contributed by atoms with Crippen LogP contribution < -0.4 is 5.32 Å². The number of esters is 1. The van der Waals surface area contributed by atoms with E-state index in [1.165, 1.54) is 0 Å². The third-order valence-electron chi connectivity index (χ3n) is 3.30. The maximum atomic E-state index is 12.2. The third-order valence-corrected chi connectivity index (χ3v) is 4.24. The number of hydrogen-bond donors (Lipinski definition) is 1. The maximum absolute atomic E-state index is 12.2. The Morgan fingerprint density at radius 2 is 1.83 bits per heavy atom. The van der Waals surface area contributed by atoms with Crippen molar-refractivity contribution in [3.63, 3.8) is 0 Å². The second kappa shape index (κ2) is 8.11. The lowest BCUT2D eigenvalue weighted by atomic mass is 9.92. The normalized spacial score (nSPS) is 12.5. The largest absolute Gasteiger partial charge is 0.456 e. The zero-order valence-corrected chi connectivity index (χ0v) is 15.1. The van der Waals surface area contributed by atoms with Gasteiger partial charge in [-0.05, 0) is 22.4 Å². The molecular weight excluding hydrogens is 322 g/mol. The molecule has 0 radical (unpaired) electrons. The van der Waals surface area contributed by atoms with E-state index in [9.17, 15) is 9.59 Å². The molecule has 128 valence electrons. The molecule has 0 unspecified atom stereocenters. The van der Waals surface area contributed by atoms with Gasteiger partial charge < -0.3 is 10.1 Å². The van der Waals surface area contributed by atoms with Crippen molar-refractivity contribution in [3.05, 3.63) is 58.3 Å². The Balaban J connectivity index is 1.97. The van der Waals surface area contributed by atoms with Crippen molar-refractivity contribution in [3.8, 4) is 0 Å². The first-order valence-corrected chi connectivity index (χ1v) is 8.76. The molecule has 5 heteroatoms. The number of thiophene rings is 1. The smallest absolute Gasteiger partial charge is 0.306 e. The highest BCUT2D eigenvalue weighted by Crippen LogP contribution is 2.25. The maximum Gasteiger partial charge on any atom is 0.306 e. The molecule has 0 fully saturated rings. The molecule has 24 heavy (non-hydrogen) atoms. The van der Waals surface area contributed by atoms with E-state index >= 15 is 0 Å². The van der Waals surface area contributed by atoms with Crippen LogP contribution in [0.1, 0.15) is 43.7 Å². The van der Waals surface area contributed by atoms with E-state index in [-0.39, 0.29) is 36.4 Å². The van der Waals surface area contributed by atoms with E-state index in [1.54, 1.807) is 11.3 Å². The Morgan fingerprint density at radius 3 is 2.42 bits per heavy atom. The van der Waals surface area contributed by atoms with Gasteiger partial charge in [-0.15, -0.1) is 11.3 Å². The Hall–Kier alpha value is -2.14. The molecule has 1 aromatic heterocycles. The van der Waals surface area contributed by atoms with Crippen molar-refractivity contribution in [2.45, 2.75) is 33.2 Å². The highest BCUT2D eigenvalue weighted by Gasteiger charge is 2.20. The van der Waals surface area contributed by atoms with Gasteiger partial charge in [-0.2, -0.15) is 0 Å². The molecule has 1 amide bonds. The first kappa shape index (κ1) is 18.2. The number of amides is 1. The number of nitrogens with one attached hydrogen (secondary N) is 1. The van der Waals surface area contributed by atoms with Gasteiger partial charge in [-0.3, -0.25) is 9.59 Å². The quantitative estimate of drug-likeness (QED) is 0.807. The van der Waals surface area contributed by atoms with E-state index in [1.807, 2.05) is 68.6 Å². The van der Waals surface area contributed by atoms with Gasteiger partial charge >= 0.3 is 5.97 Å². The minimum absolute atomic E-state index is 0.156. The SMILES string of the molecule is CC(C)(C)CC(=O)OCC(=O)N[C@@H](c1ccccc1)c1cccs1. The van der Waals surface area contributed by atoms with Gasteiger partial charge in [0.15, 0.2) is 6.61 Å². The lowest BCUT2D eigenvalue weighted by molar-refractivity contribution is -0.150. The van der Waals surface area contributed by atoms with Crippen LogP contribution in [-0.2, 0) is 14.3 Å². The van der Waals surface area contributed by atoms with Crippen LogP contribution in [0.2, 0.25) is 0 Å². The Labute approximate surface area is 146 Å². The third kappa shape index (κ3) is 5.81. The number of ether oxygens (including phenoxy) is 1. The summed E-state index contributed by atoms with van der Waals surface area (Å²) in [7, 11) is 0. The summed E-state index contributed by atoms with van der Waals surface area (Å²) in [6.07, 6.45) is 0.285. The van der Waals surface area contributed by atoms with Gasteiger partial charge in [-0.25, -0.2) is 0 Å². The summed E-state index contributed by atoms with van der Waals surface area (Å²) in [5.41, 5.74) is 0.839. The predicted molar refractivity (Wildman–Crippen MR) is 95.8 cm³/mol. The lowest BCUT2D eigenvalue weighted by Gasteiger charge is -2.19. The average molecular weight is 345 g/mol. The van der Waals surface area contributed by atoms with E-state index in [0.717, 1.165) is 10.4 Å². The molecule has 1 aromatic carbocycles. The van der Waals surface area contributed by atoms with Crippen molar-refractivity contribution in [2.24, 2.45) is 5.41 Å². The first-order chi connectivity index (χ1) is 11.3. The molecule has 1 atom stereocenters. The van der Waals surface area contributed by atoms with Crippen LogP contribution in [0.3, 0.4) is 0 Å². The fraction of sp³-hybridized carbons (Fsp3) is 0.368. The van der Waals surface area contributed by atoms with Crippen molar-refractivity contribution in [2.75, 3.05) is 6.61 Å². The molecule has 0 saturated carbocycles. The van der Waals surface area contributed by atoms with Crippen LogP contribution in [0.5, 0.6) is 0 Å². The number of rotatable bonds is 6. The number of carbonyl (C=O) groups excluding carboxylic acids is 2. The molecule has 0 aliphatic heterocycles. The molecular formula is C19H23NO3S. The Morgan fingerprint density at radius 1 is 1.12 bits per heavy atom. The summed E-state index contributed by atoms with van der Waals surface area (Å²) >= 11 is 1.58. The minimum atomic E-state index is -0.356. The van der Waals surface area contributed by atoms with Gasteiger partial charge in [0.05, 0.1) is 12.5 Å². The van der Waals surface area contributed by atoms with Crippen LogP contribution in [0, 0.1) is 5.41 Å². The fourth-order valence-corrected chi connectivity index (χ4v) is 3.05. The van der Waals surface area contributed by atoms with E-state index < -0.39 is 0 Å². The highest BCUT2D eigenvalue weighted by atomic mass is 32.1. The summed E-state index contributed by atoms with van der Waals surface area (Å²) in [4.78, 5) is 25.0. The summed E-state index contributed by atoms with van der Waals surface area (Å²) in [5.74, 6) is -0.662. The van der Waals surface area contributed by atoms with E-state index in [0.29, 0.717) is 0 Å². The fourth-order valence-electron chi connectivity index (χ4n) is 2.25. The van der Waals surface area contributed by atoms with Gasteiger partial charge in [0.2, 0.25) is 0 Å². The van der Waals surface area contributed by atoms with Gasteiger partial charge in [0, 0.05) is 4.88 Å². The second-order valence-corrected chi connectivity index (χ2v) is 7.80. The lowest BCUT2D eigenvalue weighted by Crippen LogP contribution is -2.33. The van der Waals surface area contributed by atoms with Gasteiger partial charge in [0.1, 0.15) is 0 Å². The number of benzene rings is 1. The van der Waals surface area contributed by atoms with Crippen LogP contribution in [0.4, 0.5) is 0 Å². The van der Waals surface area contributed by atoms with Crippen LogP contribution in [0.15, 0.2) is 47.8 Å². The monoisotopic (exact) mass is 345 g/mol. The Kier molecular flexibility index (Phi) is 6.15. The molecule has 2 rings (SSSR count). The van der Waals surface area contributed by atoms with Crippen molar-refractivity contribution >= 4 is 23.2 Å². The van der Waals surface area contributed by atoms with E-state index in [2.05, 4.69) is 5.32 Å². The van der Waals surface area contributed by atoms with Crippen molar-refractivity contribution < 1.29 is 14.3 Å². The zero-order valence-electron chi connectivity index (χ0n) is 14.2. The number of hydrogen-bond acceptors (Lipinski definition) is 4. The molecule has 0 aliphatic rings. The molecule has 0 bridgehead atoms. The summed E-state index contributed by atoms with van der Waals surface area (Å²) in [5, 5.41) is 4.92. The molecule has 0 aliphatic carbocycles. The van der Waals surface area contributed by atoms with Crippen LogP contribution >= 0.6 is 11.3 Å². The van der Waals surface area contributed by atoms with Gasteiger partial charge in [0.25, 0.3) is 5.91 Å². The molecule has 1 N–H and O–H groups in total. The van der Waals surface area contributed by atoms with E-state index in [4.69, 9.17) is 4.74 Å². The molecule has 0 spiro atoms. The van der Waals surface area contributed by atoms with Crippen molar-refractivity contribution in [1.29, 1.82) is 0 Å². The zero-order chi connectivity index (χ0) is 17.6. The van der Waals surface area contributed by atoms with Crippen LogP contribution in [-0.4, -0.2) is 18.5 Å². The van der Waals surface area contributed by atoms with Crippen LogP contribution in [0.25, 0.3) is 0 Å². The number of carbonyl (C=O) groups is 2. The summed E-state index contributed by atoms with van der Waals surface area (Å²) in [6.45, 7) is 5.60. The average Bonchev–Trinajstić information content (AvgIpc) is 3.04. The second-order valence-electron chi connectivity index (χ2n) is 6.82. The van der Waals surface area contributed by atoms with Crippen molar-refractivity contribution in [1.82, 2.24) is 5.32 Å². The summed E-state index contributed by atoms with van der Waals surface area (Å²) < 4.78 is 5.09. The minimum Gasteiger partial charge on any atom is -0.456 e. The molecule has 1 heterocycles. The predicted octanol–water partition coefficient (Wildman–Crippen LogP) is 3.93. The summed E-state index contributed by atoms with van der Waals surface area (Å²) in [6, 6.07) is 13.4. The molecule has 4 nitrogen and oxygen atoms in total. The highest BCUT2D eigenvalue weighted by molar-refractivity contribution is 7.10. The Bertz CT molecular complexity index is 660. The molecule has 0 saturated heterocycles.